The molecule has 1 saturated carbocycles. The highest BCUT2D eigenvalue weighted by Crippen LogP contribution is 2.56. The molecule has 0 N–H and O–H groups in total. The van der Waals surface area contributed by atoms with Crippen molar-refractivity contribution in [3.05, 3.63) is 52.5 Å². The Hall–Kier alpha value is -3.29. The number of hydrogen-bond acceptors (Lipinski definition) is 7. The quantitative estimate of drug-likeness (QED) is 0.526. The van der Waals surface area contributed by atoms with Crippen LogP contribution >= 0.6 is 0 Å². The highest BCUT2D eigenvalue weighted by Gasteiger charge is 2.42. The summed E-state index contributed by atoms with van der Waals surface area (Å²) in [5.41, 5.74) is 5.74. The second-order valence-electron chi connectivity index (χ2n) is 7.98. The van der Waals surface area contributed by atoms with Crippen LogP contribution in [0.25, 0.3) is 17.2 Å². The number of hydrogen-bond donors (Lipinski definition) is 0. The summed E-state index contributed by atoms with van der Waals surface area (Å²) >= 11 is 0. The van der Waals surface area contributed by atoms with E-state index in [4.69, 9.17) is 14.4 Å². The van der Waals surface area contributed by atoms with Crippen LogP contribution in [0.2, 0.25) is 0 Å². The lowest BCUT2D eigenvalue weighted by atomic mass is 9.93. The van der Waals surface area contributed by atoms with E-state index in [-0.39, 0.29) is 0 Å². The zero-order valence-corrected chi connectivity index (χ0v) is 16.3. The number of nitrogens with zero attached hydrogens (tertiary/aromatic N) is 6. The molecular weight excluding hydrogens is 368 g/mol. The smallest absolute Gasteiger partial charge is 0.236 e. The van der Waals surface area contributed by atoms with Crippen LogP contribution in [0.15, 0.2) is 28.8 Å². The van der Waals surface area contributed by atoms with Crippen molar-refractivity contribution >= 4 is 5.65 Å². The molecule has 2 bridgehead atoms. The molecule has 146 valence electrons. The summed E-state index contributed by atoms with van der Waals surface area (Å²) in [6.45, 7) is 4.21. The van der Waals surface area contributed by atoms with Gasteiger partial charge in [0.05, 0.1) is 5.69 Å². The van der Waals surface area contributed by atoms with Crippen LogP contribution in [0.1, 0.15) is 59.4 Å². The number of aromatic nitrogens is 6. The summed E-state index contributed by atoms with van der Waals surface area (Å²) in [5.74, 6) is 2.93. The fraction of sp³-hybridized carbons (Fsp3) is 0.381. The van der Waals surface area contributed by atoms with Gasteiger partial charge in [-0.3, -0.25) is 4.98 Å². The van der Waals surface area contributed by atoms with Crippen molar-refractivity contribution < 1.29 is 9.26 Å². The number of pyridine rings is 1. The second-order valence-corrected chi connectivity index (χ2v) is 7.98. The lowest BCUT2D eigenvalue weighted by Gasteiger charge is -2.19. The zero-order chi connectivity index (χ0) is 19.5. The molecular formula is C21H20N6O2. The van der Waals surface area contributed by atoms with Gasteiger partial charge in [-0.1, -0.05) is 11.2 Å². The number of aryl methyl sites for hydroxylation is 2. The van der Waals surface area contributed by atoms with Crippen molar-refractivity contribution in [3.63, 3.8) is 0 Å². The first-order valence-electron chi connectivity index (χ1n) is 9.95. The summed E-state index contributed by atoms with van der Waals surface area (Å²) in [6.07, 6.45) is 3.50. The summed E-state index contributed by atoms with van der Waals surface area (Å²) in [6, 6.07) is 7.79. The van der Waals surface area contributed by atoms with Crippen LogP contribution in [0, 0.1) is 13.8 Å². The maximum Gasteiger partial charge on any atom is 0.236 e. The molecule has 4 aromatic heterocycles. The first-order chi connectivity index (χ1) is 14.2. The van der Waals surface area contributed by atoms with Crippen LogP contribution in [0.5, 0.6) is 5.88 Å². The third kappa shape index (κ3) is 2.55. The van der Waals surface area contributed by atoms with Crippen molar-refractivity contribution in [1.82, 2.24) is 30.0 Å². The van der Waals surface area contributed by atoms with Gasteiger partial charge in [0.2, 0.25) is 11.7 Å². The SMILES string of the molecule is Cc1cccc(COc2nn3c(-c4cc(C)on4)nnc3c3c2C2CCC3C2)n1. The van der Waals surface area contributed by atoms with Crippen molar-refractivity contribution in [2.75, 3.05) is 0 Å². The van der Waals surface area contributed by atoms with E-state index in [1.807, 2.05) is 38.1 Å². The normalized spacial score (nSPS) is 19.8. The molecule has 2 atom stereocenters. The fourth-order valence-corrected chi connectivity index (χ4v) is 4.79. The van der Waals surface area contributed by atoms with E-state index in [1.165, 1.54) is 24.0 Å². The van der Waals surface area contributed by atoms with Gasteiger partial charge >= 0.3 is 0 Å². The van der Waals surface area contributed by atoms with E-state index < -0.39 is 0 Å². The van der Waals surface area contributed by atoms with E-state index in [1.54, 1.807) is 4.52 Å². The Morgan fingerprint density at radius 2 is 2.00 bits per heavy atom. The molecule has 6 rings (SSSR count). The van der Waals surface area contributed by atoms with Crippen molar-refractivity contribution in [2.24, 2.45) is 0 Å². The maximum atomic E-state index is 6.22. The molecule has 4 heterocycles. The first-order valence-corrected chi connectivity index (χ1v) is 9.95. The average Bonchev–Trinajstić information content (AvgIpc) is 3.49. The van der Waals surface area contributed by atoms with Crippen molar-refractivity contribution in [1.29, 1.82) is 0 Å². The topological polar surface area (TPSA) is 91.2 Å². The molecule has 0 aromatic carbocycles. The van der Waals surface area contributed by atoms with E-state index in [0.29, 0.717) is 35.8 Å². The molecule has 2 unspecified atom stereocenters. The zero-order valence-electron chi connectivity index (χ0n) is 16.3. The molecule has 1 fully saturated rings. The van der Waals surface area contributed by atoms with Gasteiger partial charge in [-0.05, 0) is 57.1 Å². The van der Waals surface area contributed by atoms with Gasteiger partial charge in [-0.15, -0.1) is 15.3 Å². The molecule has 0 radical (unpaired) electrons. The van der Waals surface area contributed by atoms with Gasteiger partial charge in [0, 0.05) is 22.9 Å². The molecule has 4 aromatic rings. The summed E-state index contributed by atoms with van der Waals surface area (Å²) < 4.78 is 13.2. The highest BCUT2D eigenvalue weighted by molar-refractivity contribution is 5.64. The Labute approximate surface area is 166 Å². The minimum atomic E-state index is 0.380. The Kier molecular flexibility index (Phi) is 3.50. The van der Waals surface area contributed by atoms with Crippen LogP contribution in [-0.2, 0) is 6.61 Å². The standard InChI is InChI=1S/C21H20N6O2/c1-11-4-3-5-15(22-11)10-28-21-18-14-7-6-13(9-14)17(18)20-24-23-19(27(20)25-21)16-8-12(2)29-26-16/h3-5,8,13-14H,6-7,9-10H2,1-2H3. The summed E-state index contributed by atoms with van der Waals surface area (Å²) in [4.78, 5) is 4.54. The average molecular weight is 388 g/mol. The monoisotopic (exact) mass is 388 g/mol. The fourth-order valence-electron chi connectivity index (χ4n) is 4.79. The summed E-state index contributed by atoms with van der Waals surface area (Å²) in [5, 5.41) is 17.7. The third-order valence-electron chi connectivity index (χ3n) is 6.00. The molecule has 0 amide bonds. The molecule has 8 nitrogen and oxygen atoms in total. The minimum Gasteiger partial charge on any atom is -0.470 e. The molecule has 2 aliphatic carbocycles. The Morgan fingerprint density at radius 3 is 2.79 bits per heavy atom. The number of rotatable bonds is 4. The highest BCUT2D eigenvalue weighted by atomic mass is 16.5. The van der Waals surface area contributed by atoms with E-state index in [9.17, 15) is 0 Å². The number of fused-ring (bicyclic) bond motifs is 7. The number of ether oxygens (including phenoxy) is 1. The van der Waals surface area contributed by atoms with Gasteiger partial charge in [0.15, 0.2) is 11.3 Å². The lowest BCUT2D eigenvalue weighted by molar-refractivity contribution is 0.279. The molecule has 29 heavy (non-hydrogen) atoms. The molecule has 8 heteroatoms. The Bertz CT molecular complexity index is 1240. The van der Waals surface area contributed by atoms with Crippen molar-refractivity contribution in [2.45, 2.75) is 51.6 Å². The van der Waals surface area contributed by atoms with Gasteiger partial charge in [-0.2, -0.15) is 4.52 Å². The third-order valence-corrected chi connectivity index (χ3v) is 6.00. The van der Waals surface area contributed by atoms with Gasteiger partial charge in [-0.25, -0.2) is 0 Å². The van der Waals surface area contributed by atoms with E-state index in [0.717, 1.165) is 29.2 Å². The van der Waals surface area contributed by atoms with Crippen LogP contribution < -0.4 is 4.74 Å². The summed E-state index contributed by atoms with van der Waals surface area (Å²) in [7, 11) is 0. The minimum absolute atomic E-state index is 0.380. The Morgan fingerprint density at radius 1 is 1.14 bits per heavy atom. The maximum absolute atomic E-state index is 6.22. The van der Waals surface area contributed by atoms with Crippen molar-refractivity contribution in [3.8, 4) is 17.4 Å². The van der Waals surface area contributed by atoms with Crippen LogP contribution in [-0.4, -0.2) is 30.0 Å². The van der Waals surface area contributed by atoms with Gasteiger partial charge in [0.1, 0.15) is 12.4 Å². The first kappa shape index (κ1) is 16.6. The van der Waals surface area contributed by atoms with Crippen LogP contribution in [0.4, 0.5) is 0 Å². The molecule has 0 aliphatic heterocycles. The Balaban J connectivity index is 1.48. The second kappa shape index (κ2) is 6.10. The molecule has 2 aliphatic rings. The molecule has 0 saturated heterocycles. The van der Waals surface area contributed by atoms with E-state index >= 15 is 0 Å². The van der Waals surface area contributed by atoms with Crippen LogP contribution in [0.3, 0.4) is 0 Å². The predicted molar refractivity (Wildman–Crippen MR) is 104 cm³/mol. The largest absolute Gasteiger partial charge is 0.470 e. The predicted octanol–water partition coefficient (Wildman–Crippen LogP) is 3.73. The van der Waals surface area contributed by atoms with Gasteiger partial charge < -0.3 is 9.26 Å². The lowest BCUT2D eigenvalue weighted by Crippen LogP contribution is -2.11. The van der Waals surface area contributed by atoms with Gasteiger partial charge in [0.25, 0.3) is 0 Å². The van der Waals surface area contributed by atoms with E-state index in [2.05, 4.69) is 20.3 Å². The molecule has 0 spiro atoms.